The molecule has 5 heteroatoms. The predicted octanol–water partition coefficient (Wildman–Crippen LogP) is 2.08. The molecule has 0 bridgehead atoms. The first-order valence-electron chi connectivity index (χ1n) is 6.39. The van der Waals surface area contributed by atoms with E-state index in [1.165, 1.54) is 4.68 Å². The predicted molar refractivity (Wildman–Crippen MR) is 71.0 cm³/mol. The number of nitrogens with zero attached hydrogens (tertiary/aromatic N) is 3. The molecule has 0 aliphatic rings. The van der Waals surface area contributed by atoms with E-state index in [4.69, 9.17) is 0 Å². The zero-order valence-electron chi connectivity index (χ0n) is 11.1. The summed E-state index contributed by atoms with van der Waals surface area (Å²) < 4.78 is 1.52. The van der Waals surface area contributed by atoms with Crippen molar-refractivity contribution in [3.8, 4) is 0 Å². The van der Waals surface area contributed by atoms with Gasteiger partial charge in [-0.25, -0.2) is 14.5 Å². The van der Waals surface area contributed by atoms with Crippen LogP contribution in [0.25, 0.3) is 0 Å². The van der Waals surface area contributed by atoms with Crippen LogP contribution < -0.4 is 0 Å². The van der Waals surface area contributed by atoms with Crippen LogP contribution in [0.4, 0.5) is 0 Å². The van der Waals surface area contributed by atoms with Crippen LogP contribution in [0.1, 0.15) is 37.1 Å². The summed E-state index contributed by atoms with van der Waals surface area (Å²) in [5.41, 5.74) is 0.706. The Hall–Kier alpha value is -2.17. The Kier molecular flexibility index (Phi) is 3.94. The molecule has 0 aliphatic carbocycles. The lowest BCUT2D eigenvalue weighted by Crippen LogP contribution is -2.23. The van der Waals surface area contributed by atoms with Crippen LogP contribution in [0, 0.1) is 0 Å². The van der Waals surface area contributed by atoms with Gasteiger partial charge in [0.25, 0.3) is 0 Å². The van der Waals surface area contributed by atoms with Crippen molar-refractivity contribution >= 4 is 5.97 Å². The molecule has 0 spiro atoms. The second-order valence-corrected chi connectivity index (χ2v) is 4.25. The highest BCUT2D eigenvalue weighted by atomic mass is 16.4. The average Bonchev–Trinajstić information content (AvgIpc) is 2.83. The maximum absolute atomic E-state index is 11.6. The molecular formula is C14H17N3O2. The van der Waals surface area contributed by atoms with Crippen LogP contribution in [-0.4, -0.2) is 25.8 Å². The van der Waals surface area contributed by atoms with Gasteiger partial charge in [0.2, 0.25) is 0 Å². The molecule has 100 valence electrons. The van der Waals surface area contributed by atoms with E-state index in [1.54, 1.807) is 12.1 Å². The Bertz CT molecular complexity index is 563. The van der Waals surface area contributed by atoms with Crippen molar-refractivity contribution in [3.05, 3.63) is 47.5 Å². The van der Waals surface area contributed by atoms with Crippen LogP contribution in [0.5, 0.6) is 0 Å². The number of hydrogen-bond donors (Lipinski definition) is 1. The van der Waals surface area contributed by atoms with Gasteiger partial charge in [-0.15, -0.1) is 0 Å². The molecular weight excluding hydrogens is 242 g/mol. The third kappa shape index (κ3) is 2.65. The van der Waals surface area contributed by atoms with Gasteiger partial charge in [-0.2, -0.15) is 5.10 Å². The fourth-order valence-electron chi connectivity index (χ4n) is 2.03. The fourth-order valence-corrected chi connectivity index (χ4v) is 2.03. The van der Waals surface area contributed by atoms with E-state index < -0.39 is 12.0 Å². The normalized spacial score (nSPS) is 12.3. The number of benzene rings is 1. The smallest absolute Gasteiger partial charge is 0.333 e. The van der Waals surface area contributed by atoms with Crippen LogP contribution in [0.2, 0.25) is 0 Å². The minimum Gasteiger partial charge on any atom is -0.479 e. The highest BCUT2D eigenvalue weighted by Crippen LogP contribution is 2.20. The maximum atomic E-state index is 11.6. The van der Waals surface area contributed by atoms with Crippen LogP contribution >= 0.6 is 0 Å². The number of aliphatic carboxylic acids is 1. The monoisotopic (exact) mass is 259 g/mol. The molecule has 2 rings (SSSR count). The summed E-state index contributed by atoms with van der Waals surface area (Å²) in [6.45, 7) is 3.90. The minimum absolute atomic E-state index is 0.656. The lowest BCUT2D eigenvalue weighted by molar-refractivity contribution is -0.139. The van der Waals surface area contributed by atoms with Gasteiger partial charge >= 0.3 is 5.97 Å². The summed E-state index contributed by atoms with van der Waals surface area (Å²) in [7, 11) is 0. The molecule has 1 unspecified atom stereocenters. The molecule has 1 heterocycles. The van der Waals surface area contributed by atoms with Crippen molar-refractivity contribution in [3.63, 3.8) is 0 Å². The Morgan fingerprint density at radius 1 is 1.26 bits per heavy atom. The summed E-state index contributed by atoms with van der Waals surface area (Å²) in [5.74, 6) is 0.459. The summed E-state index contributed by atoms with van der Waals surface area (Å²) in [6, 6.07) is 8.30. The van der Waals surface area contributed by atoms with Crippen molar-refractivity contribution in [2.24, 2.45) is 0 Å². The average molecular weight is 259 g/mol. The highest BCUT2D eigenvalue weighted by molar-refractivity contribution is 5.75. The molecule has 1 N–H and O–H groups in total. The first-order valence-corrected chi connectivity index (χ1v) is 6.39. The lowest BCUT2D eigenvalue weighted by atomic mass is 10.1. The lowest BCUT2D eigenvalue weighted by Gasteiger charge is -2.14. The van der Waals surface area contributed by atoms with Gasteiger partial charge in [-0.1, -0.05) is 44.2 Å². The van der Waals surface area contributed by atoms with Gasteiger partial charge in [0, 0.05) is 12.8 Å². The molecule has 0 saturated carbocycles. The summed E-state index contributed by atoms with van der Waals surface area (Å²) in [4.78, 5) is 15.9. The first kappa shape index (κ1) is 13.3. The zero-order valence-corrected chi connectivity index (χ0v) is 11.1. The summed E-state index contributed by atoms with van der Waals surface area (Å²) in [5, 5.41) is 13.8. The maximum Gasteiger partial charge on any atom is 0.333 e. The van der Waals surface area contributed by atoms with E-state index in [2.05, 4.69) is 10.1 Å². The molecule has 0 fully saturated rings. The van der Waals surface area contributed by atoms with Crippen LogP contribution in [0.15, 0.2) is 30.3 Å². The van der Waals surface area contributed by atoms with Crippen molar-refractivity contribution < 1.29 is 9.90 Å². The van der Waals surface area contributed by atoms with Crippen LogP contribution in [0.3, 0.4) is 0 Å². The molecule has 1 aromatic carbocycles. The number of carboxylic acid groups (broad SMARTS) is 1. The summed E-state index contributed by atoms with van der Waals surface area (Å²) in [6.07, 6.45) is 1.35. The van der Waals surface area contributed by atoms with Crippen molar-refractivity contribution in [2.75, 3.05) is 0 Å². The SMILES string of the molecule is CCc1nc(CC)n(C(C(=O)O)c2ccccc2)n1. The van der Waals surface area contributed by atoms with Gasteiger partial charge in [-0.05, 0) is 5.56 Å². The van der Waals surface area contributed by atoms with E-state index in [0.29, 0.717) is 30.1 Å². The largest absolute Gasteiger partial charge is 0.479 e. The quantitative estimate of drug-likeness (QED) is 0.892. The van der Waals surface area contributed by atoms with E-state index in [9.17, 15) is 9.90 Å². The fraction of sp³-hybridized carbons (Fsp3) is 0.357. The second kappa shape index (κ2) is 5.65. The first-order chi connectivity index (χ1) is 9.17. The molecule has 1 aromatic heterocycles. The Morgan fingerprint density at radius 3 is 2.47 bits per heavy atom. The standard InChI is InChI=1S/C14H17N3O2/c1-3-11-15-12(4-2)17(16-11)13(14(18)19)10-8-6-5-7-9-10/h5-9,13H,3-4H2,1-2H3,(H,18,19). The van der Waals surface area contributed by atoms with Crippen LogP contribution in [-0.2, 0) is 17.6 Å². The highest BCUT2D eigenvalue weighted by Gasteiger charge is 2.25. The third-order valence-corrected chi connectivity index (χ3v) is 2.97. The molecule has 19 heavy (non-hydrogen) atoms. The molecule has 1 atom stereocenters. The zero-order chi connectivity index (χ0) is 13.8. The second-order valence-electron chi connectivity index (χ2n) is 4.25. The van der Waals surface area contributed by atoms with E-state index in [-0.39, 0.29) is 0 Å². The molecule has 2 aromatic rings. The number of rotatable bonds is 5. The third-order valence-electron chi connectivity index (χ3n) is 2.97. The molecule has 0 radical (unpaired) electrons. The minimum atomic E-state index is -0.923. The van der Waals surface area contributed by atoms with Gasteiger partial charge in [0.1, 0.15) is 5.82 Å². The van der Waals surface area contributed by atoms with Gasteiger partial charge in [0.15, 0.2) is 11.9 Å². The number of aromatic nitrogens is 3. The van der Waals surface area contributed by atoms with E-state index >= 15 is 0 Å². The molecule has 0 saturated heterocycles. The van der Waals surface area contributed by atoms with E-state index in [0.717, 1.165) is 0 Å². The summed E-state index contributed by atoms with van der Waals surface area (Å²) >= 11 is 0. The number of carbonyl (C=O) groups is 1. The van der Waals surface area contributed by atoms with Gasteiger partial charge < -0.3 is 5.11 Å². The van der Waals surface area contributed by atoms with Gasteiger partial charge in [0.05, 0.1) is 0 Å². The Morgan fingerprint density at radius 2 is 1.95 bits per heavy atom. The van der Waals surface area contributed by atoms with Crippen molar-refractivity contribution in [2.45, 2.75) is 32.7 Å². The Balaban J connectivity index is 2.51. The number of aryl methyl sites for hydroxylation is 2. The number of hydrogen-bond acceptors (Lipinski definition) is 3. The van der Waals surface area contributed by atoms with E-state index in [1.807, 2.05) is 32.0 Å². The van der Waals surface area contributed by atoms with Crippen molar-refractivity contribution in [1.82, 2.24) is 14.8 Å². The molecule has 0 aliphatic heterocycles. The number of carboxylic acids is 1. The Labute approximate surface area is 111 Å². The van der Waals surface area contributed by atoms with Crippen molar-refractivity contribution in [1.29, 1.82) is 0 Å². The van der Waals surface area contributed by atoms with Gasteiger partial charge in [-0.3, -0.25) is 0 Å². The molecule has 0 amide bonds. The molecule has 5 nitrogen and oxygen atoms in total. The topological polar surface area (TPSA) is 68.0 Å².